The van der Waals surface area contributed by atoms with Crippen LogP contribution in [0.15, 0.2) is 53.4 Å². The van der Waals surface area contributed by atoms with Crippen LogP contribution in [0.4, 0.5) is 5.69 Å². The van der Waals surface area contributed by atoms with Crippen LogP contribution in [0.25, 0.3) is 0 Å². The molecule has 2 aromatic carbocycles. The van der Waals surface area contributed by atoms with Crippen molar-refractivity contribution in [1.29, 1.82) is 0 Å². The Morgan fingerprint density at radius 1 is 0.893 bits per heavy atom. The molecule has 5 nitrogen and oxygen atoms in total. The maximum Gasteiger partial charge on any atom is 0.255 e. The van der Waals surface area contributed by atoms with Crippen LogP contribution >= 0.6 is 0 Å². The number of benzene rings is 2. The van der Waals surface area contributed by atoms with E-state index in [2.05, 4.69) is 26.1 Å². The van der Waals surface area contributed by atoms with Gasteiger partial charge < -0.3 is 5.32 Å². The molecular formula is C22H28N2O3S. The number of nitrogens with one attached hydrogen (secondary N) is 1. The number of nitrogens with zero attached hydrogens (tertiary/aromatic N) is 1. The number of sulfonamides is 1. The zero-order chi connectivity index (χ0) is 20.4. The van der Waals surface area contributed by atoms with Gasteiger partial charge in [0.05, 0.1) is 4.90 Å². The highest BCUT2D eigenvalue weighted by Crippen LogP contribution is 2.24. The molecule has 0 atom stereocenters. The molecule has 1 fully saturated rings. The maximum atomic E-state index is 12.7. The van der Waals surface area contributed by atoms with Crippen LogP contribution in [-0.4, -0.2) is 31.7 Å². The molecule has 1 aliphatic rings. The lowest BCUT2D eigenvalue weighted by atomic mass is 9.87. The molecule has 1 aliphatic heterocycles. The Labute approximate surface area is 167 Å². The molecular weight excluding hydrogens is 372 g/mol. The van der Waals surface area contributed by atoms with E-state index in [1.165, 1.54) is 22.0 Å². The molecule has 0 aliphatic carbocycles. The van der Waals surface area contributed by atoms with Gasteiger partial charge in [-0.15, -0.1) is 0 Å². The standard InChI is InChI=1S/C22H28N2O3S/c1-22(2,3)18-9-11-19(12-10-18)23-21(25)17-7-13-20(14-8-17)28(26,27)24-15-5-4-6-16-24/h7-14H,4-6,15-16H2,1-3H3,(H,23,25). The Balaban J connectivity index is 1.70. The number of hydrogen-bond donors (Lipinski definition) is 1. The third kappa shape index (κ3) is 4.62. The highest BCUT2D eigenvalue weighted by atomic mass is 32.2. The molecule has 28 heavy (non-hydrogen) atoms. The van der Waals surface area contributed by atoms with E-state index in [9.17, 15) is 13.2 Å². The fourth-order valence-electron chi connectivity index (χ4n) is 3.29. The van der Waals surface area contributed by atoms with Gasteiger partial charge in [-0.25, -0.2) is 8.42 Å². The summed E-state index contributed by atoms with van der Waals surface area (Å²) in [4.78, 5) is 12.7. The second-order valence-corrected chi connectivity index (χ2v) is 10.2. The van der Waals surface area contributed by atoms with E-state index >= 15 is 0 Å². The van der Waals surface area contributed by atoms with Gasteiger partial charge in [-0.05, 0) is 60.2 Å². The van der Waals surface area contributed by atoms with Crippen LogP contribution in [0.1, 0.15) is 56.0 Å². The number of anilines is 1. The van der Waals surface area contributed by atoms with Gasteiger partial charge >= 0.3 is 0 Å². The van der Waals surface area contributed by atoms with Gasteiger partial charge in [0.1, 0.15) is 0 Å². The molecule has 0 aromatic heterocycles. The van der Waals surface area contributed by atoms with Gasteiger partial charge in [-0.3, -0.25) is 4.79 Å². The van der Waals surface area contributed by atoms with Crippen molar-refractivity contribution in [2.45, 2.75) is 50.3 Å². The second-order valence-electron chi connectivity index (χ2n) is 8.27. The number of rotatable bonds is 4. The number of piperidine rings is 1. The van der Waals surface area contributed by atoms with Crippen molar-refractivity contribution in [2.75, 3.05) is 18.4 Å². The summed E-state index contributed by atoms with van der Waals surface area (Å²) >= 11 is 0. The first-order valence-electron chi connectivity index (χ1n) is 9.70. The first-order valence-corrected chi connectivity index (χ1v) is 11.1. The lowest BCUT2D eigenvalue weighted by molar-refractivity contribution is 0.102. The summed E-state index contributed by atoms with van der Waals surface area (Å²) in [6, 6.07) is 13.9. The van der Waals surface area contributed by atoms with E-state index in [4.69, 9.17) is 0 Å². The molecule has 0 saturated carbocycles. The summed E-state index contributed by atoms with van der Waals surface area (Å²) < 4.78 is 26.9. The summed E-state index contributed by atoms with van der Waals surface area (Å²) in [7, 11) is -3.48. The van der Waals surface area contributed by atoms with Crippen molar-refractivity contribution in [1.82, 2.24) is 4.31 Å². The van der Waals surface area contributed by atoms with E-state index in [1.54, 1.807) is 12.1 Å². The smallest absolute Gasteiger partial charge is 0.255 e. The van der Waals surface area contributed by atoms with Gasteiger partial charge in [-0.2, -0.15) is 4.31 Å². The Morgan fingerprint density at radius 3 is 2.00 bits per heavy atom. The molecule has 0 radical (unpaired) electrons. The van der Waals surface area contributed by atoms with Crippen LogP contribution < -0.4 is 5.32 Å². The van der Waals surface area contributed by atoms with Gasteiger partial charge in [0.25, 0.3) is 5.91 Å². The van der Waals surface area contributed by atoms with E-state index in [-0.39, 0.29) is 16.2 Å². The summed E-state index contributed by atoms with van der Waals surface area (Å²) in [6.45, 7) is 7.55. The summed E-state index contributed by atoms with van der Waals surface area (Å²) in [5.41, 5.74) is 2.39. The summed E-state index contributed by atoms with van der Waals surface area (Å²) in [5, 5.41) is 2.86. The van der Waals surface area contributed by atoms with Crippen LogP contribution in [-0.2, 0) is 15.4 Å². The molecule has 1 saturated heterocycles. The summed E-state index contributed by atoms with van der Waals surface area (Å²) in [6.07, 6.45) is 2.86. The Morgan fingerprint density at radius 2 is 1.46 bits per heavy atom. The number of carbonyl (C=O) groups excluding carboxylic acids is 1. The van der Waals surface area contributed by atoms with Crippen molar-refractivity contribution >= 4 is 21.6 Å². The average molecular weight is 401 g/mol. The zero-order valence-corrected chi connectivity index (χ0v) is 17.6. The average Bonchev–Trinajstić information content (AvgIpc) is 2.68. The molecule has 150 valence electrons. The predicted molar refractivity (Wildman–Crippen MR) is 112 cm³/mol. The van der Waals surface area contributed by atoms with E-state index < -0.39 is 10.0 Å². The number of hydrogen-bond acceptors (Lipinski definition) is 3. The lowest BCUT2D eigenvalue weighted by Gasteiger charge is -2.25. The van der Waals surface area contributed by atoms with Crippen molar-refractivity contribution in [2.24, 2.45) is 0 Å². The molecule has 1 N–H and O–H groups in total. The quantitative estimate of drug-likeness (QED) is 0.827. The van der Waals surface area contributed by atoms with Crippen molar-refractivity contribution < 1.29 is 13.2 Å². The highest BCUT2D eigenvalue weighted by Gasteiger charge is 2.26. The van der Waals surface area contributed by atoms with Gasteiger partial charge in [0.2, 0.25) is 10.0 Å². The predicted octanol–water partition coefficient (Wildman–Crippen LogP) is 4.41. The van der Waals surface area contributed by atoms with Crippen LogP contribution in [0.3, 0.4) is 0 Å². The van der Waals surface area contributed by atoms with Crippen molar-refractivity contribution in [3.8, 4) is 0 Å². The van der Waals surface area contributed by atoms with Crippen molar-refractivity contribution in [3.63, 3.8) is 0 Å². The molecule has 3 rings (SSSR count). The first-order chi connectivity index (χ1) is 13.2. The minimum absolute atomic E-state index is 0.0538. The largest absolute Gasteiger partial charge is 0.322 e. The molecule has 0 bridgehead atoms. The fraction of sp³-hybridized carbons (Fsp3) is 0.409. The zero-order valence-electron chi connectivity index (χ0n) is 16.7. The third-order valence-electron chi connectivity index (χ3n) is 5.08. The van der Waals surface area contributed by atoms with Crippen LogP contribution in [0.5, 0.6) is 0 Å². The Bertz CT molecular complexity index is 921. The van der Waals surface area contributed by atoms with Gasteiger partial charge in [0, 0.05) is 24.3 Å². The minimum Gasteiger partial charge on any atom is -0.322 e. The first kappa shape index (κ1) is 20.6. The van der Waals surface area contributed by atoms with E-state index in [1.807, 2.05) is 24.3 Å². The topological polar surface area (TPSA) is 66.5 Å². The molecule has 6 heteroatoms. The molecule has 1 amide bonds. The Hall–Kier alpha value is -2.18. The molecule has 1 heterocycles. The van der Waals surface area contributed by atoms with E-state index in [0.29, 0.717) is 24.3 Å². The monoisotopic (exact) mass is 400 g/mol. The normalized spacial score (nSPS) is 16.0. The lowest BCUT2D eigenvalue weighted by Crippen LogP contribution is -2.35. The van der Waals surface area contributed by atoms with Gasteiger partial charge in [0.15, 0.2) is 0 Å². The fourth-order valence-corrected chi connectivity index (χ4v) is 4.81. The second kappa shape index (κ2) is 8.05. The number of amides is 1. The third-order valence-corrected chi connectivity index (χ3v) is 6.99. The highest BCUT2D eigenvalue weighted by molar-refractivity contribution is 7.89. The summed E-state index contributed by atoms with van der Waals surface area (Å²) in [5.74, 6) is -0.259. The SMILES string of the molecule is CC(C)(C)c1ccc(NC(=O)c2ccc(S(=O)(=O)N3CCCCC3)cc2)cc1. The molecule has 0 unspecified atom stereocenters. The van der Waals surface area contributed by atoms with Crippen LogP contribution in [0.2, 0.25) is 0 Å². The van der Waals surface area contributed by atoms with Crippen molar-refractivity contribution in [3.05, 3.63) is 59.7 Å². The minimum atomic E-state index is -3.48. The van der Waals surface area contributed by atoms with E-state index in [0.717, 1.165) is 19.3 Å². The number of carbonyl (C=O) groups is 1. The van der Waals surface area contributed by atoms with Gasteiger partial charge in [-0.1, -0.05) is 39.3 Å². The van der Waals surface area contributed by atoms with Crippen LogP contribution in [0, 0.1) is 0 Å². The Kier molecular flexibility index (Phi) is 5.91. The maximum absolute atomic E-state index is 12.7. The molecule has 2 aromatic rings. The molecule has 0 spiro atoms.